The second-order valence-corrected chi connectivity index (χ2v) is 3.73. The number of rotatable bonds is 4. The van der Waals surface area contributed by atoms with Crippen molar-refractivity contribution >= 4 is 0 Å². The molecule has 0 radical (unpaired) electrons. The maximum atomic E-state index is 12.9. The van der Waals surface area contributed by atoms with Crippen molar-refractivity contribution in [2.24, 2.45) is 5.73 Å². The molecule has 78 valence electrons. The van der Waals surface area contributed by atoms with Crippen LogP contribution in [0.15, 0.2) is 18.2 Å². The van der Waals surface area contributed by atoms with Crippen LogP contribution in [0.5, 0.6) is 0 Å². The largest absolute Gasteiger partial charge is 0.328 e. The van der Waals surface area contributed by atoms with Crippen molar-refractivity contribution in [2.75, 3.05) is 6.54 Å². The first-order valence-corrected chi connectivity index (χ1v) is 5.04. The van der Waals surface area contributed by atoms with Crippen LogP contribution in [0, 0.1) is 13.8 Å². The maximum absolute atomic E-state index is 12.9. The van der Waals surface area contributed by atoms with Crippen molar-refractivity contribution < 1.29 is 4.39 Å². The number of alkyl halides is 1. The van der Waals surface area contributed by atoms with Gasteiger partial charge in [0, 0.05) is 6.54 Å². The Kier molecular flexibility index (Phi) is 4.08. The van der Waals surface area contributed by atoms with Gasteiger partial charge < -0.3 is 5.73 Å². The Morgan fingerprint density at radius 3 is 2.71 bits per heavy atom. The molecule has 1 aromatic carbocycles. The predicted molar refractivity (Wildman–Crippen MR) is 58.2 cm³/mol. The Hall–Kier alpha value is -0.890. The summed E-state index contributed by atoms with van der Waals surface area (Å²) in [5, 5.41) is 0. The highest BCUT2D eigenvalue weighted by atomic mass is 19.1. The Bertz CT molecular complexity index is 296. The summed E-state index contributed by atoms with van der Waals surface area (Å²) in [7, 11) is 0. The summed E-state index contributed by atoms with van der Waals surface area (Å²) >= 11 is 0. The van der Waals surface area contributed by atoms with E-state index < -0.39 is 6.17 Å². The zero-order valence-electron chi connectivity index (χ0n) is 8.89. The molecule has 0 bridgehead atoms. The van der Waals surface area contributed by atoms with Gasteiger partial charge in [0.2, 0.25) is 0 Å². The van der Waals surface area contributed by atoms with E-state index in [0.717, 1.165) is 6.42 Å². The first kappa shape index (κ1) is 11.2. The Balaban J connectivity index is 2.63. The van der Waals surface area contributed by atoms with E-state index in [2.05, 4.69) is 26.0 Å². The first-order valence-electron chi connectivity index (χ1n) is 5.04. The van der Waals surface area contributed by atoms with Crippen LogP contribution in [0.4, 0.5) is 4.39 Å². The lowest BCUT2D eigenvalue weighted by atomic mass is 9.99. The summed E-state index contributed by atoms with van der Waals surface area (Å²) < 4.78 is 12.9. The molecule has 0 fully saturated rings. The normalized spacial score (nSPS) is 12.9. The zero-order valence-corrected chi connectivity index (χ0v) is 8.89. The molecule has 0 aliphatic heterocycles. The molecule has 14 heavy (non-hydrogen) atoms. The maximum Gasteiger partial charge on any atom is 0.113 e. The van der Waals surface area contributed by atoms with E-state index in [0.29, 0.717) is 6.42 Å². The topological polar surface area (TPSA) is 26.0 Å². The Labute approximate surface area is 85.1 Å². The van der Waals surface area contributed by atoms with Crippen molar-refractivity contribution in [3.63, 3.8) is 0 Å². The summed E-state index contributed by atoms with van der Waals surface area (Å²) in [5.74, 6) is 0. The molecule has 1 aromatic rings. The van der Waals surface area contributed by atoms with Gasteiger partial charge >= 0.3 is 0 Å². The van der Waals surface area contributed by atoms with Crippen molar-refractivity contribution in [1.82, 2.24) is 0 Å². The lowest BCUT2D eigenvalue weighted by molar-refractivity contribution is 0.322. The van der Waals surface area contributed by atoms with E-state index in [4.69, 9.17) is 5.73 Å². The van der Waals surface area contributed by atoms with Crippen LogP contribution in [-0.4, -0.2) is 12.7 Å². The second kappa shape index (κ2) is 5.11. The molecule has 2 N–H and O–H groups in total. The van der Waals surface area contributed by atoms with Crippen molar-refractivity contribution in [3.8, 4) is 0 Å². The Morgan fingerprint density at radius 2 is 2.07 bits per heavy atom. The van der Waals surface area contributed by atoms with E-state index in [1.807, 2.05) is 6.07 Å². The van der Waals surface area contributed by atoms with E-state index >= 15 is 0 Å². The van der Waals surface area contributed by atoms with Crippen molar-refractivity contribution in [2.45, 2.75) is 32.9 Å². The molecule has 1 rings (SSSR count). The van der Waals surface area contributed by atoms with Crippen molar-refractivity contribution in [1.29, 1.82) is 0 Å². The average Bonchev–Trinajstić information content (AvgIpc) is 2.20. The average molecular weight is 195 g/mol. The van der Waals surface area contributed by atoms with Gasteiger partial charge in [-0.2, -0.15) is 0 Å². The minimum absolute atomic E-state index is 0.130. The third-order valence-corrected chi connectivity index (χ3v) is 2.70. The van der Waals surface area contributed by atoms with E-state index in [9.17, 15) is 4.39 Å². The second-order valence-electron chi connectivity index (χ2n) is 3.73. The summed E-state index contributed by atoms with van der Waals surface area (Å²) in [6, 6.07) is 6.16. The summed E-state index contributed by atoms with van der Waals surface area (Å²) in [4.78, 5) is 0. The molecule has 0 aliphatic rings. The summed E-state index contributed by atoms with van der Waals surface area (Å²) in [6.07, 6.45) is 0.446. The molecular formula is C12H18FN. The van der Waals surface area contributed by atoms with Crippen LogP contribution >= 0.6 is 0 Å². The molecule has 1 unspecified atom stereocenters. The standard InChI is InChI=1S/C12H18FN/c1-9-4-3-5-11(10(9)2)6-7-12(13)8-14/h3-5,12H,6-8,14H2,1-2H3. The minimum Gasteiger partial charge on any atom is -0.328 e. The molecule has 0 aliphatic carbocycles. The minimum atomic E-state index is -0.866. The Morgan fingerprint density at radius 1 is 1.36 bits per heavy atom. The molecule has 0 amide bonds. The highest BCUT2D eigenvalue weighted by Gasteiger charge is 2.06. The van der Waals surface area contributed by atoms with Gasteiger partial charge in [-0.3, -0.25) is 0 Å². The molecule has 0 saturated heterocycles. The van der Waals surface area contributed by atoms with E-state index in [1.54, 1.807) is 0 Å². The van der Waals surface area contributed by atoms with Crippen LogP contribution in [0.2, 0.25) is 0 Å². The zero-order chi connectivity index (χ0) is 10.6. The number of halogens is 1. The van der Waals surface area contributed by atoms with E-state index in [-0.39, 0.29) is 6.54 Å². The van der Waals surface area contributed by atoms with Gasteiger partial charge in [0.15, 0.2) is 0 Å². The van der Waals surface area contributed by atoms with Gasteiger partial charge in [-0.05, 0) is 43.4 Å². The molecule has 0 heterocycles. The fraction of sp³-hybridized carbons (Fsp3) is 0.500. The number of aryl methyl sites for hydroxylation is 2. The fourth-order valence-corrected chi connectivity index (χ4v) is 1.51. The highest BCUT2D eigenvalue weighted by Crippen LogP contribution is 2.15. The molecule has 1 nitrogen and oxygen atoms in total. The number of benzene rings is 1. The van der Waals surface area contributed by atoms with Gasteiger partial charge in [-0.25, -0.2) is 4.39 Å². The molecule has 0 spiro atoms. The predicted octanol–water partition coefficient (Wildman–Crippen LogP) is 2.53. The van der Waals surface area contributed by atoms with Crippen LogP contribution in [0.3, 0.4) is 0 Å². The first-order chi connectivity index (χ1) is 6.65. The van der Waals surface area contributed by atoms with Gasteiger partial charge in [0.25, 0.3) is 0 Å². The quantitative estimate of drug-likeness (QED) is 0.785. The van der Waals surface area contributed by atoms with Crippen LogP contribution in [0.25, 0.3) is 0 Å². The molecular weight excluding hydrogens is 177 g/mol. The molecule has 0 aromatic heterocycles. The number of hydrogen-bond donors (Lipinski definition) is 1. The lowest BCUT2D eigenvalue weighted by Crippen LogP contribution is -2.15. The molecule has 1 atom stereocenters. The third-order valence-electron chi connectivity index (χ3n) is 2.70. The number of nitrogens with two attached hydrogens (primary N) is 1. The van der Waals surface area contributed by atoms with Crippen LogP contribution in [-0.2, 0) is 6.42 Å². The third kappa shape index (κ3) is 2.81. The molecule has 0 saturated carbocycles. The smallest absolute Gasteiger partial charge is 0.113 e. The van der Waals surface area contributed by atoms with Gasteiger partial charge in [0.1, 0.15) is 6.17 Å². The van der Waals surface area contributed by atoms with Crippen molar-refractivity contribution in [3.05, 3.63) is 34.9 Å². The molecule has 2 heteroatoms. The monoisotopic (exact) mass is 195 g/mol. The summed E-state index contributed by atoms with van der Waals surface area (Å²) in [5.41, 5.74) is 9.01. The number of hydrogen-bond acceptors (Lipinski definition) is 1. The van der Waals surface area contributed by atoms with Gasteiger partial charge in [0.05, 0.1) is 0 Å². The van der Waals surface area contributed by atoms with Crippen LogP contribution < -0.4 is 5.73 Å². The SMILES string of the molecule is Cc1cccc(CCC(F)CN)c1C. The van der Waals surface area contributed by atoms with E-state index in [1.165, 1.54) is 16.7 Å². The lowest BCUT2D eigenvalue weighted by Gasteiger charge is -2.09. The van der Waals surface area contributed by atoms with Crippen LogP contribution in [0.1, 0.15) is 23.1 Å². The fourth-order valence-electron chi connectivity index (χ4n) is 1.51. The van der Waals surface area contributed by atoms with Gasteiger partial charge in [-0.1, -0.05) is 18.2 Å². The van der Waals surface area contributed by atoms with Gasteiger partial charge in [-0.15, -0.1) is 0 Å². The highest BCUT2D eigenvalue weighted by molar-refractivity contribution is 5.33. The summed E-state index contributed by atoms with van der Waals surface area (Å²) in [6.45, 7) is 4.29.